The van der Waals surface area contributed by atoms with Crippen molar-refractivity contribution in [3.8, 4) is 112 Å². The van der Waals surface area contributed by atoms with Gasteiger partial charge >= 0.3 is 0 Å². The SMILES string of the molecule is CCCCc1cccc2c3[n+](ccc12)C(CC)C(CC)(C1c2ccc(-c4cccc(-c5cc(-c6cc(-c7ccccc7)cc(-c7ccccc7)c6)cc(-c6cc(-c7ccccc7)cc(-c7ccccc7)c6)c5)c4)cc2-c2c4ccccc4cc[n+]21)c1ccccc1-3. The first-order valence-corrected chi connectivity index (χ1v) is 32.9. The van der Waals surface area contributed by atoms with Gasteiger partial charge in [-0.05, 0) is 215 Å². The number of nitrogens with zero attached hydrogens (tertiary/aromatic N) is 2. The zero-order valence-electron chi connectivity index (χ0n) is 52.0. The third-order valence-corrected chi connectivity index (χ3v) is 20.2. The van der Waals surface area contributed by atoms with Gasteiger partial charge < -0.3 is 0 Å². The number of aryl methyl sites for hydroxylation is 1. The summed E-state index contributed by atoms with van der Waals surface area (Å²) in [6, 6.07) is 112. The molecule has 0 spiro atoms. The summed E-state index contributed by atoms with van der Waals surface area (Å²) in [5, 5.41) is 5.28. The number of hydrogen-bond acceptors (Lipinski definition) is 0. The Balaban J connectivity index is 0.871. The molecule has 2 aromatic heterocycles. The van der Waals surface area contributed by atoms with Gasteiger partial charge in [-0.3, -0.25) is 0 Å². The van der Waals surface area contributed by atoms with Crippen LogP contribution in [0.4, 0.5) is 0 Å². The van der Waals surface area contributed by atoms with Crippen molar-refractivity contribution in [1.29, 1.82) is 0 Å². The zero-order valence-corrected chi connectivity index (χ0v) is 52.0. The number of aromatic nitrogens is 2. The van der Waals surface area contributed by atoms with Crippen molar-refractivity contribution in [2.45, 2.75) is 70.4 Å². The van der Waals surface area contributed by atoms with Crippen LogP contribution in [0, 0.1) is 0 Å². The minimum atomic E-state index is -0.293. The van der Waals surface area contributed by atoms with Crippen molar-refractivity contribution in [1.82, 2.24) is 0 Å². The minimum absolute atomic E-state index is 0.0255. The second kappa shape index (κ2) is 23.4. The van der Waals surface area contributed by atoms with Gasteiger partial charge in [-0.25, -0.2) is 0 Å². The lowest BCUT2D eigenvalue weighted by atomic mass is 9.61. The van der Waals surface area contributed by atoms with Crippen LogP contribution >= 0.6 is 0 Å². The van der Waals surface area contributed by atoms with Crippen molar-refractivity contribution in [2.75, 3.05) is 0 Å². The third-order valence-electron chi connectivity index (χ3n) is 20.2. The van der Waals surface area contributed by atoms with E-state index < -0.39 is 0 Å². The van der Waals surface area contributed by atoms with Gasteiger partial charge in [0.25, 0.3) is 0 Å². The van der Waals surface area contributed by atoms with Crippen LogP contribution in [0.2, 0.25) is 0 Å². The summed E-state index contributed by atoms with van der Waals surface area (Å²) in [6.45, 7) is 7.18. The molecule has 3 atom stereocenters. The van der Waals surface area contributed by atoms with E-state index in [2.05, 4.69) is 340 Å². The van der Waals surface area contributed by atoms with Crippen LogP contribution in [0.5, 0.6) is 0 Å². The summed E-state index contributed by atoms with van der Waals surface area (Å²) < 4.78 is 5.38. The number of pyridine rings is 2. The molecule has 2 aliphatic heterocycles. The predicted molar refractivity (Wildman–Crippen MR) is 381 cm³/mol. The minimum Gasteiger partial charge on any atom is -0.194 e. The zero-order chi connectivity index (χ0) is 61.0. The van der Waals surface area contributed by atoms with Gasteiger partial charge in [0, 0.05) is 24.1 Å². The molecule has 91 heavy (non-hydrogen) atoms. The monoisotopic (exact) mass is 1170 g/mol. The molecule has 3 unspecified atom stereocenters. The summed E-state index contributed by atoms with van der Waals surface area (Å²) in [4.78, 5) is 0. The second-order valence-electron chi connectivity index (χ2n) is 25.2. The van der Waals surface area contributed by atoms with Crippen molar-refractivity contribution in [2.24, 2.45) is 0 Å². The average Bonchev–Trinajstić information content (AvgIpc) is 1.64. The van der Waals surface area contributed by atoms with Crippen LogP contribution in [-0.2, 0) is 11.8 Å². The van der Waals surface area contributed by atoms with E-state index in [9.17, 15) is 0 Å². The van der Waals surface area contributed by atoms with Crippen molar-refractivity contribution in [3.63, 3.8) is 0 Å². The molecule has 0 radical (unpaired) electrons. The molecule has 2 nitrogen and oxygen atoms in total. The fraction of sp³-hybridized carbons (Fsp3) is 0.124. The topological polar surface area (TPSA) is 7.76 Å². The Kier molecular flexibility index (Phi) is 14.4. The molecule has 0 amide bonds. The van der Waals surface area contributed by atoms with E-state index in [1.54, 1.807) is 0 Å². The van der Waals surface area contributed by atoms with E-state index in [-0.39, 0.29) is 17.5 Å². The van der Waals surface area contributed by atoms with Crippen LogP contribution in [0.25, 0.3) is 133 Å². The lowest BCUT2D eigenvalue weighted by molar-refractivity contribution is -0.757. The smallest absolute Gasteiger partial charge is 0.194 e. The third kappa shape index (κ3) is 9.72. The molecular formula is C89H72N2+2. The molecule has 0 fully saturated rings. The highest BCUT2D eigenvalue weighted by Crippen LogP contribution is 2.58. The van der Waals surface area contributed by atoms with Crippen LogP contribution < -0.4 is 9.13 Å². The number of fused-ring (bicyclic) bond motifs is 10. The Hall–Kier alpha value is -10.5. The maximum Gasteiger partial charge on any atom is 0.221 e. The first kappa shape index (κ1) is 55.7. The molecule has 14 aromatic rings. The molecule has 436 valence electrons. The second-order valence-corrected chi connectivity index (χ2v) is 25.2. The lowest BCUT2D eigenvalue weighted by Crippen LogP contribution is -2.62. The van der Waals surface area contributed by atoms with Gasteiger partial charge in [-0.15, -0.1) is 0 Å². The first-order chi connectivity index (χ1) is 45.0. The average molecular weight is 1170 g/mol. The highest BCUT2D eigenvalue weighted by Gasteiger charge is 2.62. The van der Waals surface area contributed by atoms with Gasteiger partial charge in [-0.2, -0.15) is 9.13 Å². The van der Waals surface area contributed by atoms with Crippen molar-refractivity contribution < 1.29 is 9.13 Å². The standard InChI is InChI=1S/C89H72N2/c1-4-7-26-64-36-25-41-80-78(64)46-48-90-85(5-2)89(6-3,84-42-23-22-40-82(84)87(80)90)88-81-44-43-68(59-83(81)86-79-39-21-20-35-65(79)45-47-91(86)88)66-37-24-38-67(49-66)73-56-76(74-52-69(60-27-12-8-13-28-60)50-70(53-74)61-29-14-9-15-30-61)58-77(57-73)75-54-71(62-31-16-10-17-32-62)51-72(55-75)63-33-18-11-19-34-63/h8-25,27-59,85,88H,4-7,26H2,1-3H3/q+2. The molecule has 16 rings (SSSR count). The maximum atomic E-state index is 2.70. The molecule has 0 aliphatic carbocycles. The van der Waals surface area contributed by atoms with E-state index in [0.717, 1.165) is 36.0 Å². The Morgan fingerprint density at radius 3 is 1.30 bits per heavy atom. The number of rotatable bonds is 14. The molecule has 2 aliphatic rings. The number of unbranched alkanes of at least 4 members (excludes halogenated alkanes) is 1. The maximum absolute atomic E-state index is 2.70. The summed E-state index contributed by atoms with van der Waals surface area (Å²) in [5.41, 5.74) is 28.2. The van der Waals surface area contributed by atoms with Gasteiger partial charge in [0.2, 0.25) is 17.4 Å². The number of benzene rings is 12. The normalized spacial score (nSPS) is 15.5. The first-order valence-electron chi connectivity index (χ1n) is 32.9. The largest absolute Gasteiger partial charge is 0.221 e. The summed E-state index contributed by atoms with van der Waals surface area (Å²) >= 11 is 0. The van der Waals surface area contributed by atoms with E-state index in [4.69, 9.17) is 0 Å². The quantitative estimate of drug-likeness (QED) is 0.0959. The van der Waals surface area contributed by atoms with Crippen LogP contribution in [0.1, 0.15) is 75.2 Å². The lowest BCUT2D eigenvalue weighted by Gasteiger charge is -2.43. The Morgan fingerprint density at radius 2 is 0.747 bits per heavy atom. The van der Waals surface area contributed by atoms with Gasteiger partial charge in [-0.1, -0.05) is 227 Å². The van der Waals surface area contributed by atoms with Crippen molar-refractivity contribution >= 4 is 21.5 Å². The Morgan fingerprint density at radius 1 is 0.319 bits per heavy atom. The molecule has 4 heterocycles. The molecule has 0 bridgehead atoms. The highest BCUT2D eigenvalue weighted by atomic mass is 15.1. The highest BCUT2D eigenvalue weighted by molar-refractivity contribution is 5.98. The predicted octanol–water partition coefficient (Wildman–Crippen LogP) is 22.8. The van der Waals surface area contributed by atoms with Gasteiger partial charge in [0.15, 0.2) is 18.4 Å². The van der Waals surface area contributed by atoms with E-state index in [1.807, 2.05) is 0 Å². The van der Waals surface area contributed by atoms with Crippen molar-refractivity contribution in [3.05, 3.63) is 326 Å². The molecular weight excluding hydrogens is 1100 g/mol. The van der Waals surface area contributed by atoms with Crippen LogP contribution in [0.3, 0.4) is 0 Å². The van der Waals surface area contributed by atoms with E-state index in [0.29, 0.717) is 0 Å². The molecule has 12 aromatic carbocycles. The van der Waals surface area contributed by atoms with E-state index in [1.165, 1.54) is 146 Å². The summed E-state index contributed by atoms with van der Waals surface area (Å²) in [6.07, 6.45) is 10.3. The fourth-order valence-corrected chi connectivity index (χ4v) is 15.9. The van der Waals surface area contributed by atoms with Gasteiger partial charge in [0.1, 0.15) is 5.41 Å². The molecule has 2 heteroatoms. The molecule has 0 N–H and O–H groups in total. The van der Waals surface area contributed by atoms with Crippen LogP contribution in [-0.4, -0.2) is 0 Å². The fourth-order valence-electron chi connectivity index (χ4n) is 15.9. The molecule has 0 saturated carbocycles. The summed E-state index contributed by atoms with van der Waals surface area (Å²) in [7, 11) is 0. The number of hydrogen-bond donors (Lipinski definition) is 0. The van der Waals surface area contributed by atoms with Crippen LogP contribution in [0.15, 0.2) is 310 Å². The van der Waals surface area contributed by atoms with Gasteiger partial charge in [0.05, 0.1) is 21.9 Å². The molecule has 0 saturated heterocycles. The van der Waals surface area contributed by atoms with E-state index >= 15 is 0 Å². The Bertz CT molecular complexity index is 4810. The summed E-state index contributed by atoms with van der Waals surface area (Å²) in [5.74, 6) is 0. The Labute approximate surface area is 535 Å².